The highest BCUT2D eigenvalue weighted by atomic mass is 32.2. The molecule has 0 bridgehead atoms. The Bertz CT molecular complexity index is 663. The average molecular weight is 343 g/mol. The predicted octanol–water partition coefficient (Wildman–Crippen LogP) is 1.10. The molecule has 3 heterocycles. The van der Waals surface area contributed by atoms with E-state index in [0.717, 1.165) is 24.7 Å². The van der Waals surface area contributed by atoms with Crippen molar-refractivity contribution in [2.24, 2.45) is 13.0 Å². The smallest absolute Gasteiger partial charge is 0.262 e. The van der Waals surface area contributed by atoms with E-state index in [9.17, 15) is 8.42 Å². The van der Waals surface area contributed by atoms with Gasteiger partial charge in [-0.2, -0.15) is 4.31 Å². The van der Waals surface area contributed by atoms with Crippen LogP contribution in [0.3, 0.4) is 0 Å². The summed E-state index contributed by atoms with van der Waals surface area (Å²) in [7, 11) is -1.65. The van der Waals surface area contributed by atoms with Crippen LogP contribution in [0.25, 0.3) is 0 Å². The molecule has 0 radical (unpaired) electrons. The van der Waals surface area contributed by atoms with E-state index in [2.05, 4.69) is 4.98 Å². The van der Waals surface area contributed by atoms with Gasteiger partial charge in [-0.15, -0.1) is 11.8 Å². The third kappa shape index (κ3) is 2.70. The minimum absolute atomic E-state index is 0.0655. The van der Waals surface area contributed by atoms with Gasteiger partial charge in [-0.05, 0) is 25.2 Å². The topological polar surface area (TPSA) is 64.4 Å². The quantitative estimate of drug-likeness (QED) is 0.801. The summed E-state index contributed by atoms with van der Waals surface area (Å²) in [6, 6.07) is 0. The number of ether oxygens (including phenoxy) is 1. The van der Waals surface area contributed by atoms with E-state index in [-0.39, 0.29) is 9.77 Å². The van der Waals surface area contributed by atoms with Gasteiger partial charge in [0.1, 0.15) is 0 Å². The zero-order valence-corrected chi connectivity index (χ0v) is 14.3. The first-order chi connectivity index (χ1) is 10.5. The van der Waals surface area contributed by atoms with Crippen molar-refractivity contribution in [3.63, 3.8) is 0 Å². The van der Waals surface area contributed by atoms with Crippen LogP contribution in [0.4, 0.5) is 0 Å². The van der Waals surface area contributed by atoms with Gasteiger partial charge < -0.3 is 9.30 Å². The molecule has 1 spiro atoms. The van der Waals surface area contributed by atoms with Crippen LogP contribution in [0.1, 0.15) is 19.3 Å². The molecule has 3 fully saturated rings. The molecular weight excluding hydrogens is 322 g/mol. The van der Waals surface area contributed by atoms with Crippen molar-refractivity contribution in [3.05, 3.63) is 12.5 Å². The van der Waals surface area contributed by atoms with Crippen LogP contribution < -0.4 is 0 Å². The zero-order chi connectivity index (χ0) is 15.4. The minimum atomic E-state index is -3.43. The van der Waals surface area contributed by atoms with Crippen LogP contribution in [0.15, 0.2) is 17.6 Å². The molecule has 1 aromatic heterocycles. The Morgan fingerprint density at radius 1 is 1.45 bits per heavy atom. The molecule has 1 unspecified atom stereocenters. The second-order valence-electron chi connectivity index (χ2n) is 6.75. The molecular formula is C14H21N3O3S2. The lowest BCUT2D eigenvalue weighted by atomic mass is 9.95. The molecule has 1 aliphatic carbocycles. The lowest BCUT2D eigenvalue weighted by Crippen LogP contribution is -2.60. The molecule has 22 heavy (non-hydrogen) atoms. The SMILES string of the molecule is Cn1cnc(S(=O)(=O)N2CC3(CC(OCC4CC4)CS3)C2)c1. The predicted molar refractivity (Wildman–Crippen MR) is 84.2 cm³/mol. The van der Waals surface area contributed by atoms with Gasteiger partial charge in [0.05, 0.1) is 12.4 Å². The van der Waals surface area contributed by atoms with Gasteiger partial charge in [0.25, 0.3) is 10.0 Å². The van der Waals surface area contributed by atoms with Crippen LogP contribution in [0.5, 0.6) is 0 Å². The number of hydrogen-bond donors (Lipinski definition) is 0. The van der Waals surface area contributed by atoms with E-state index in [0.29, 0.717) is 19.2 Å². The summed E-state index contributed by atoms with van der Waals surface area (Å²) in [5.41, 5.74) is 0. The fourth-order valence-corrected chi connectivity index (χ4v) is 6.40. The normalized spacial score (nSPS) is 28.1. The van der Waals surface area contributed by atoms with E-state index in [1.54, 1.807) is 22.1 Å². The molecule has 0 N–H and O–H groups in total. The Morgan fingerprint density at radius 2 is 2.23 bits per heavy atom. The second kappa shape index (κ2) is 5.22. The molecule has 2 saturated heterocycles. The molecule has 1 saturated carbocycles. The van der Waals surface area contributed by atoms with Gasteiger partial charge in [0.15, 0.2) is 5.03 Å². The van der Waals surface area contributed by atoms with Crippen molar-refractivity contribution in [1.82, 2.24) is 13.9 Å². The van der Waals surface area contributed by atoms with Crippen LogP contribution >= 0.6 is 11.8 Å². The van der Waals surface area contributed by atoms with E-state index >= 15 is 0 Å². The average Bonchev–Trinajstić information content (AvgIpc) is 2.98. The van der Waals surface area contributed by atoms with Crippen molar-refractivity contribution in [1.29, 1.82) is 0 Å². The number of nitrogens with zero attached hydrogens (tertiary/aromatic N) is 3. The first-order valence-corrected chi connectivity index (χ1v) is 10.1. The highest BCUT2D eigenvalue weighted by Crippen LogP contribution is 2.47. The zero-order valence-electron chi connectivity index (χ0n) is 12.6. The first kappa shape index (κ1) is 15.0. The van der Waals surface area contributed by atoms with Crippen molar-refractivity contribution in [2.45, 2.75) is 35.1 Å². The molecule has 8 heteroatoms. The third-order valence-electron chi connectivity index (χ3n) is 4.65. The fourth-order valence-electron chi connectivity index (χ4n) is 3.11. The van der Waals surface area contributed by atoms with Crippen molar-refractivity contribution in [2.75, 3.05) is 25.4 Å². The Hall–Kier alpha value is -0.570. The van der Waals surface area contributed by atoms with E-state index < -0.39 is 10.0 Å². The summed E-state index contributed by atoms with van der Waals surface area (Å²) in [5.74, 6) is 1.77. The summed E-state index contributed by atoms with van der Waals surface area (Å²) >= 11 is 1.88. The van der Waals surface area contributed by atoms with Gasteiger partial charge in [-0.1, -0.05) is 0 Å². The van der Waals surface area contributed by atoms with Crippen molar-refractivity contribution >= 4 is 21.8 Å². The lowest BCUT2D eigenvalue weighted by molar-refractivity contribution is 0.0446. The molecule has 6 nitrogen and oxygen atoms in total. The van der Waals surface area contributed by atoms with Crippen molar-refractivity contribution < 1.29 is 13.2 Å². The number of hydrogen-bond acceptors (Lipinski definition) is 5. The van der Waals surface area contributed by atoms with Gasteiger partial charge in [-0.3, -0.25) is 0 Å². The number of aryl methyl sites for hydroxylation is 1. The maximum absolute atomic E-state index is 12.5. The summed E-state index contributed by atoms with van der Waals surface area (Å²) in [4.78, 5) is 3.98. The van der Waals surface area contributed by atoms with Crippen LogP contribution in [-0.2, 0) is 21.8 Å². The highest BCUT2D eigenvalue weighted by molar-refractivity contribution is 8.01. The maximum Gasteiger partial charge on any atom is 0.262 e. The Morgan fingerprint density at radius 3 is 2.86 bits per heavy atom. The van der Waals surface area contributed by atoms with E-state index in [1.807, 2.05) is 11.8 Å². The Kier molecular flexibility index (Phi) is 3.56. The molecule has 2 aliphatic heterocycles. The maximum atomic E-state index is 12.5. The number of aromatic nitrogens is 2. The van der Waals surface area contributed by atoms with Crippen LogP contribution in [0, 0.1) is 5.92 Å². The van der Waals surface area contributed by atoms with Crippen molar-refractivity contribution in [3.8, 4) is 0 Å². The van der Waals surface area contributed by atoms with E-state index in [4.69, 9.17) is 4.74 Å². The lowest BCUT2D eigenvalue weighted by Gasteiger charge is -2.45. The fraction of sp³-hybridized carbons (Fsp3) is 0.786. The standard InChI is InChI=1S/C14H21N3O3S2/c1-16-5-13(15-10-16)22(18,19)17-8-14(9-17)4-12(7-21-14)20-6-11-2-3-11/h5,10-12H,2-4,6-9H2,1H3. The molecule has 0 aromatic carbocycles. The minimum Gasteiger partial charge on any atom is -0.377 e. The highest BCUT2D eigenvalue weighted by Gasteiger charge is 2.53. The number of sulfonamides is 1. The number of imidazole rings is 1. The van der Waals surface area contributed by atoms with Crippen LogP contribution in [-0.4, -0.2) is 58.6 Å². The largest absolute Gasteiger partial charge is 0.377 e. The molecule has 4 rings (SSSR count). The summed E-state index contributed by atoms with van der Waals surface area (Å²) in [6.45, 7) is 2.05. The third-order valence-corrected chi connectivity index (χ3v) is 7.91. The summed E-state index contributed by atoms with van der Waals surface area (Å²) in [5, 5.41) is 0.148. The van der Waals surface area contributed by atoms with Gasteiger partial charge in [0, 0.05) is 43.4 Å². The second-order valence-corrected chi connectivity index (χ2v) is 10.1. The molecule has 3 aliphatic rings. The molecule has 0 amide bonds. The monoisotopic (exact) mass is 343 g/mol. The Labute approximate surface area is 135 Å². The van der Waals surface area contributed by atoms with Gasteiger partial charge in [0.2, 0.25) is 0 Å². The number of thioether (sulfide) groups is 1. The van der Waals surface area contributed by atoms with Crippen LogP contribution in [0.2, 0.25) is 0 Å². The molecule has 122 valence electrons. The summed E-state index contributed by atoms with van der Waals surface area (Å²) < 4.78 is 34.2. The molecule has 1 atom stereocenters. The number of rotatable bonds is 5. The first-order valence-electron chi connectivity index (χ1n) is 7.71. The van der Waals surface area contributed by atoms with Gasteiger partial charge >= 0.3 is 0 Å². The molecule has 1 aromatic rings. The van der Waals surface area contributed by atoms with Gasteiger partial charge in [-0.25, -0.2) is 13.4 Å². The van der Waals surface area contributed by atoms with E-state index in [1.165, 1.54) is 19.2 Å². The summed E-state index contributed by atoms with van der Waals surface area (Å²) in [6.07, 6.45) is 6.96. The Balaban J connectivity index is 1.35.